The molecule has 0 saturated heterocycles. The van der Waals surface area contributed by atoms with Crippen molar-refractivity contribution in [3.63, 3.8) is 0 Å². The van der Waals surface area contributed by atoms with Crippen molar-refractivity contribution in [3.8, 4) is 33.5 Å². The van der Waals surface area contributed by atoms with E-state index in [9.17, 15) is 4.39 Å². The number of pyridine rings is 1. The molecule has 0 aliphatic carbocycles. The first kappa shape index (κ1) is 17.3. The normalized spacial score (nSPS) is 10.9. The van der Waals surface area contributed by atoms with Crippen LogP contribution in [-0.2, 0) is 0 Å². The van der Waals surface area contributed by atoms with Crippen LogP contribution in [-0.4, -0.2) is 4.98 Å². The fourth-order valence-corrected chi connectivity index (χ4v) is 3.56. The largest absolute Gasteiger partial charge is 0.248 e. The first-order valence-corrected chi connectivity index (χ1v) is 9.59. The summed E-state index contributed by atoms with van der Waals surface area (Å²) in [7, 11) is 0. The van der Waals surface area contributed by atoms with E-state index in [1.165, 1.54) is 12.1 Å². The SMILES string of the molecule is Fc1ccc(-c2ccc(-c3ccc(-c4ccc5ccccc5n4)cc3)cc2)cc1. The van der Waals surface area contributed by atoms with Crippen molar-refractivity contribution in [1.29, 1.82) is 0 Å². The zero-order valence-corrected chi connectivity index (χ0v) is 15.7. The molecule has 0 N–H and O–H groups in total. The van der Waals surface area contributed by atoms with E-state index in [0.717, 1.165) is 44.4 Å². The Morgan fingerprint density at radius 3 is 1.52 bits per heavy atom. The first-order chi connectivity index (χ1) is 14.3. The van der Waals surface area contributed by atoms with E-state index in [1.807, 2.05) is 18.2 Å². The third kappa shape index (κ3) is 3.53. The lowest BCUT2D eigenvalue weighted by Gasteiger charge is -2.07. The smallest absolute Gasteiger partial charge is 0.123 e. The zero-order valence-electron chi connectivity index (χ0n) is 15.7. The Hall–Kier alpha value is -3.78. The molecular formula is C27H18FN. The maximum Gasteiger partial charge on any atom is 0.123 e. The molecule has 138 valence electrons. The number of rotatable bonds is 3. The summed E-state index contributed by atoms with van der Waals surface area (Å²) in [5.41, 5.74) is 7.46. The van der Waals surface area contributed by atoms with E-state index in [1.54, 1.807) is 12.1 Å². The van der Waals surface area contributed by atoms with Gasteiger partial charge in [-0.25, -0.2) is 9.37 Å². The van der Waals surface area contributed by atoms with Gasteiger partial charge in [0.2, 0.25) is 0 Å². The minimum Gasteiger partial charge on any atom is -0.248 e. The molecule has 0 atom stereocenters. The molecule has 5 aromatic rings. The van der Waals surface area contributed by atoms with Crippen LogP contribution in [0.4, 0.5) is 4.39 Å². The van der Waals surface area contributed by atoms with Gasteiger partial charge in [-0.15, -0.1) is 0 Å². The molecule has 0 aliphatic heterocycles. The van der Waals surface area contributed by atoms with Gasteiger partial charge in [-0.3, -0.25) is 0 Å². The van der Waals surface area contributed by atoms with Crippen LogP contribution in [0.3, 0.4) is 0 Å². The average Bonchev–Trinajstić information content (AvgIpc) is 2.79. The standard InChI is InChI=1S/C27H18FN/c28-25-16-13-22(14-17-25)20-7-5-19(6-8-20)21-9-11-24(12-10-21)27-18-15-23-3-1-2-4-26(23)29-27/h1-18H. The van der Waals surface area contributed by atoms with Crippen LogP contribution < -0.4 is 0 Å². The van der Waals surface area contributed by atoms with E-state index in [2.05, 4.69) is 66.7 Å². The summed E-state index contributed by atoms with van der Waals surface area (Å²) >= 11 is 0. The van der Waals surface area contributed by atoms with Crippen LogP contribution in [0.2, 0.25) is 0 Å². The van der Waals surface area contributed by atoms with Crippen LogP contribution in [0.15, 0.2) is 109 Å². The van der Waals surface area contributed by atoms with Gasteiger partial charge in [0.1, 0.15) is 5.82 Å². The molecule has 2 heteroatoms. The van der Waals surface area contributed by atoms with Gasteiger partial charge in [0.25, 0.3) is 0 Å². The lowest BCUT2D eigenvalue weighted by atomic mass is 9.99. The number of nitrogens with zero attached hydrogens (tertiary/aromatic N) is 1. The van der Waals surface area contributed by atoms with Crippen molar-refractivity contribution >= 4 is 10.9 Å². The summed E-state index contributed by atoms with van der Waals surface area (Å²) in [5.74, 6) is -0.216. The van der Waals surface area contributed by atoms with Gasteiger partial charge >= 0.3 is 0 Å². The van der Waals surface area contributed by atoms with E-state index in [-0.39, 0.29) is 5.82 Å². The molecular weight excluding hydrogens is 357 g/mol. The number of fused-ring (bicyclic) bond motifs is 1. The Morgan fingerprint density at radius 1 is 0.448 bits per heavy atom. The van der Waals surface area contributed by atoms with Crippen molar-refractivity contribution in [2.45, 2.75) is 0 Å². The van der Waals surface area contributed by atoms with Gasteiger partial charge in [0.05, 0.1) is 11.2 Å². The van der Waals surface area contributed by atoms with Gasteiger partial charge in [0.15, 0.2) is 0 Å². The molecule has 0 unspecified atom stereocenters. The third-order valence-electron chi connectivity index (χ3n) is 5.17. The quantitative estimate of drug-likeness (QED) is 0.321. The van der Waals surface area contributed by atoms with Gasteiger partial charge in [-0.1, -0.05) is 84.9 Å². The van der Waals surface area contributed by atoms with E-state index >= 15 is 0 Å². The minimum atomic E-state index is -0.216. The maximum atomic E-state index is 13.1. The summed E-state index contributed by atoms with van der Waals surface area (Å²) in [4.78, 5) is 4.77. The van der Waals surface area contributed by atoms with Gasteiger partial charge in [-0.05, 0) is 46.5 Å². The fourth-order valence-electron chi connectivity index (χ4n) is 3.56. The van der Waals surface area contributed by atoms with Gasteiger partial charge in [-0.2, -0.15) is 0 Å². The Balaban J connectivity index is 1.41. The second kappa shape index (κ2) is 7.33. The summed E-state index contributed by atoms with van der Waals surface area (Å²) in [6, 6.07) is 35.7. The molecule has 0 spiro atoms. The predicted molar refractivity (Wildman–Crippen MR) is 118 cm³/mol. The summed E-state index contributed by atoms with van der Waals surface area (Å²) < 4.78 is 13.1. The van der Waals surface area contributed by atoms with Crippen LogP contribution in [0.1, 0.15) is 0 Å². The summed E-state index contributed by atoms with van der Waals surface area (Å²) in [6.45, 7) is 0. The number of halogens is 1. The second-order valence-electron chi connectivity index (χ2n) is 7.05. The monoisotopic (exact) mass is 375 g/mol. The Kier molecular flexibility index (Phi) is 4.38. The van der Waals surface area contributed by atoms with E-state index < -0.39 is 0 Å². The molecule has 0 fully saturated rings. The highest BCUT2D eigenvalue weighted by Gasteiger charge is 2.04. The highest BCUT2D eigenvalue weighted by atomic mass is 19.1. The van der Waals surface area contributed by atoms with Crippen LogP contribution >= 0.6 is 0 Å². The molecule has 4 aromatic carbocycles. The Morgan fingerprint density at radius 2 is 0.931 bits per heavy atom. The summed E-state index contributed by atoms with van der Waals surface area (Å²) in [6.07, 6.45) is 0. The topological polar surface area (TPSA) is 12.9 Å². The number of benzene rings is 4. The Labute approximate surface area is 169 Å². The van der Waals surface area contributed by atoms with Gasteiger partial charge in [0, 0.05) is 10.9 Å². The molecule has 5 rings (SSSR count). The van der Waals surface area contributed by atoms with Crippen LogP contribution in [0.25, 0.3) is 44.4 Å². The van der Waals surface area contributed by atoms with Gasteiger partial charge < -0.3 is 0 Å². The van der Waals surface area contributed by atoms with Crippen molar-refractivity contribution in [1.82, 2.24) is 4.98 Å². The molecule has 0 amide bonds. The highest BCUT2D eigenvalue weighted by molar-refractivity contribution is 5.82. The summed E-state index contributed by atoms with van der Waals surface area (Å²) in [5, 5.41) is 1.15. The maximum absolute atomic E-state index is 13.1. The molecule has 1 nitrogen and oxygen atoms in total. The number of hydrogen-bond donors (Lipinski definition) is 0. The molecule has 0 radical (unpaired) electrons. The average molecular weight is 375 g/mol. The van der Waals surface area contributed by atoms with Crippen molar-refractivity contribution in [3.05, 3.63) is 115 Å². The molecule has 0 bridgehead atoms. The fraction of sp³-hybridized carbons (Fsp3) is 0. The molecule has 1 aromatic heterocycles. The van der Waals surface area contributed by atoms with Crippen molar-refractivity contribution < 1.29 is 4.39 Å². The second-order valence-corrected chi connectivity index (χ2v) is 7.05. The number of para-hydroxylation sites is 1. The van der Waals surface area contributed by atoms with Crippen LogP contribution in [0, 0.1) is 5.82 Å². The van der Waals surface area contributed by atoms with E-state index in [0.29, 0.717) is 0 Å². The molecule has 0 saturated carbocycles. The predicted octanol–water partition coefficient (Wildman–Crippen LogP) is 7.37. The lowest BCUT2D eigenvalue weighted by molar-refractivity contribution is 0.628. The molecule has 29 heavy (non-hydrogen) atoms. The number of hydrogen-bond acceptors (Lipinski definition) is 1. The van der Waals surface area contributed by atoms with E-state index in [4.69, 9.17) is 4.98 Å². The Bertz CT molecular complexity index is 1270. The van der Waals surface area contributed by atoms with Crippen molar-refractivity contribution in [2.75, 3.05) is 0 Å². The minimum absolute atomic E-state index is 0.216. The number of aromatic nitrogens is 1. The third-order valence-corrected chi connectivity index (χ3v) is 5.17. The zero-order chi connectivity index (χ0) is 19.6. The van der Waals surface area contributed by atoms with Crippen LogP contribution in [0.5, 0.6) is 0 Å². The molecule has 0 aliphatic rings. The highest BCUT2D eigenvalue weighted by Crippen LogP contribution is 2.27. The van der Waals surface area contributed by atoms with Crippen molar-refractivity contribution in [2.24, 2.45) is 0 Å². The molecule has 1 heterocycles. The lowest BCUT2D eigenvalue weighted by Crippen LogP contribution is -1.86. The first-order valence-electron chi connectivity index (χ1n) is 9.59.